The largest absolute Gasteiger partial charge is 0.461 e. The molecule has 0 spiro atoms. The van der Waals surface area contributed by atoms with Crippen molar-refractivity contribution in [2.75, 3.05) is 0 Å². The fraction of sp³-hybridized carbons (Fsp3) is 0.474. The number of aryl methyl sites for hydroxylation is 1. The van der Waals surface area contributed by atoms with Crippen LogP contribution < -0.4 is 0 Å². The van der Waals surface area contributed by atoms with E-state index in [2.05, 4.69) is 6.07 Å². The third-order valence-electron chi connectivity index (χ3n) is 5.07. The normalized spacial score (nSPS) is 21.9. The Balaban J connectivity index is 2.12. The summed E-state index contributed by atoms with van der Waals surface area (Å²) in [7, 11) is 0. The maximum absolute atomic E-state index is 12.6. The number of nitriles is 1. The van der Waals surface area contributed by atoms with E-state index >= 15 is 0 Å². The van der Waals surface area contributed by atoms with E-state index < -0.39 is 34.4 Å². The summed E-state index contributed by atoms with van der Waals surface area (Å²) in [6.07, 6.45) is -3.74. The van der Waals surface area contributed by atoms with E-state index in [4.69, 9.17) is 21.6 Å². The van der Waals surface area contributed by atoms with E-state index in [1.165, 1.54) is 0 Å². The Kier molecular flexibility index (Phi) is 5.44. The van der Waals surface area contributed by atoms with Crippen LogP contribution >= 0.6 is 11.6 Å². The average Bonchev–Trinajstić information content (AvgIpc) is 3.06. The molecule has 1 saturated carbocycles. The van der Waals surface area contributed by atoms with Crippen LogP contribution in [0.4, 0.5) is 13.2 Å². The number of benzene rings is 1. The molecule has 0 N–H and O–H groups in total. The molecular weight excluding hydrogens is 367 g/mol. The molecule has 0 radical (unpaired) electrons. The second-order valence-corrected chi connectivity index (χ2v) is 7.50. The number of esters is 1. The summed E-state index contributed by atoms with van der Waals surface area (Å²) in [6, 6.07) is 5.53. The van der Waals surface area contributed by atoms with Crippen molar-refractivity contribution >= 4 is 17.6 Å². The minimum absolute atomic E-state index is 0.0258. The average molecular weight is 386 g/mol. The summed E-state index contributed by atoms with van der Waals surface area (Å²) in [5.74, 6) is -1.88. The molecule has 1 fully saturated rings. The zero-order chi connectivity index (χ0) is 19.9. The lowest BCUT2D eigenvalue weighted by Gasteiger charge is -2.12. The van der Waals surface area contributed by atoms with Gasteiger partial charge in [0.25, 0.3) is 0 Å². The predicted octanol–water partition coefficient (Wildman–Crippen LogP) is 5.18. The Hall–Kier alpha value is -2.00. The van der Waals surface area contributed by atoms with Gasteiger partial charge in [-0.15, -0.1) is 0 Å². The van der Waals surface area contributed by atoms with Gasteiger partial charge in [-0.3, -0.25) is 4.79 Å². The van der Waals surface area contributed by atoms with Crippen molar-refractivity contribution in [3.05, 3.63) is 45.5 Å². The van der Waals surface area contributed by atoms with Crippen molar-refractivity contribution in [2.24, 2.45) is 17.3 Å². The number of allylic oxidation sites excluding steroid dienone is 2. The van der Waals surface area contributed by atoms with Gasteiger partial charge in [-0.05, 0) is 47.9 Å². The van der Waals surface area contributed by atoms with Crippen molar-refractivity contribution in [1.82, 2.24) is 0 Å². The van der Waals surface area contributed by atoms with Gasteiger partial charge in [0.15, 0.2) is 0 Å². The number of nitrogens with zero attached hydrogens (tertiary/aromatic N) is 1. The highest BCUT2D eigenvalue weighted by Crippen LogP contribution is 2.60. The topological polar surface area (TPSA) is 50.1 Å². The van der Waals surface area contributed by atoms with Crippen LogP contribution in [0.25, 0.3) is 0 Å². The molecule has 0 aromatic heterocycles. The van der Waals surface area contributed by atoms with Crippen molar-refractivity contribution in [1.29, 1.82) is 5.26 Å². The molecule has 0 amide bonds. The number of halogens is 4. The second kappa shape index (κ2) is 6.96. The van der Waals surface area contributed by atoms with E-state index in [-0.39, 0.29) is 6.61 Å². The highest BCUT2D eigenvalue weighted by atomic mass is 35.5. The quantitative estimate of drug-likeness (QED) is 0.671. The zero-order valence-electron chi connectivity index (χ0n) is 14.9. The van der Waals surface area contributed by atoms with E-state index in [0.717, 1.165) is 22.8 Å². The Morgan fingerprint density at radius 1 is 1.38 bits per heavy atom. The Morgan fingerprint density at radius 2 is 2.00 bits per heavy atom. The number of carbonyl (C=O) groups excluding carboxylic acids is 1. The maximum Gasteiger partial charge on any atom is 0.426 e. The van der Waals surface area contributed by atoms with E-state index in [1.54, 1.807) is 32.9 Å². The van der Waals surface area contributed by atoms with Crippen molar-refractivity contribution < 1.29 is 22.7 Å². The zero-order valence-corrected chi connectivity index (χ0v) is 15.6. The summed E-state index contributed by atoms with van der Waals surface area (Å²) >= 11 is 5.29. The summed E-state index contributed by atoms with van der Waals surface area (Å²) in [6.45, 7) is 6.99. The van der Waals surface area contributed by atoms with Gasteiger partial charge >= 0.3 is 12.1 Å². The van der Waals surface area contributed by atoms with Gasteiger partial charge in [-0.2, -0.15) is 18.4 Å². The van der Waals surface area contributed by atoms with E-state index in [0.29, 0.717) is 5.56 Å². The van der Waals surface area contributed by atoms with Crippen LogP contribution in [0.1, 0.15) is 36.1 Å². The number of rotatable bonds is 4. The van der Waals surface area contributed by atoms with Crippen LogP contribution in [-0.4, -0.2) is 12.1 Å². The fourth-order valence-electron chi connectivity index (χ4n) is 3.16. The summed E-state index contributed by atoms with van der Waals surface area (Å²) in [4.78, 5) is 12.4. The van der Waals surface area contributed by atoms with Gasteiger partial charge in [0.05, 0.1) is 17.6 Å². The van der Waals surface area contributed by atoms with Gasteiger partial charge in [-0.25, -0.2) is 0 Å². The molecule has 0 heterocycles. The van der Waals surface area contributed by atoms with Gasteiger partial charge in [-0.1, -0.05) is 37.6 Å². The third kappa shape index (κ3) is 3.88. The number of hydrogen-bond donors (Lipinski definition) is 0. The number of ether oxygens (including phenoxy) is 1. The number of alkyl halides is 3. The fourth-order valence-corrected chi connectivity index (χ4v) is 3.30. The molecule has 26 heavy (non-hydrogen) atoms. The van der Waals surface area contributed by atoms with Crippen LogP contribution in [0.15, 0.2) is 23.2 Å². The molecule has 0 saturated heterocycles. The molecule has 1 aromatic carbocycles. The first-order chi connectivity index (χ1) is 11.9. The van der Waals surface area contributed by atoms with Crippen molar-refractivity contribution in [3.8, 4) is 6.07 Å². The molecule has 1 aromatic rings. The first kappa shape index (κ1) is 20.3. The van der Waals surface area contributed by atoms with Gasteiger partial charge in [0, 0.05) is 0 Å². The SMILES string of the molecule is Cc1ccc(C#N)c(C)c1COC(=O)C1C(/C=C(\Cl)C(F)(F)F)C1(C)C. The van der Waals surface area contributed by atoms with Crippen molar-refractivity contribution in [3.63, 3.8) is 0 Å². The standard InChI is InChI=1S/C19H19ClF3NO2/c1-10-5-6-12(8-24)11(2)13(10)9-26-17(25)16-14(18(16,3)4)7-15(20)19(21,22)23/h5-7,14,16H,9H2,1-4H3/b15-7-. The molecule has 140 valence electrons. The molecular formula is C19H19ClF3NO2. The molecule has 0 bridgehead atoms. The molecule has 2 rings (SSSR count). The smallest absolute Gasteiger partial charge is 0.426 e. The molecule has 7 heteroatoms. The number of carbonyl (C=O) groups is 1. The van der Waals surface area contributed by atoms with Gasteiger partial charge < -0.3 is 4.74 Å². The van der Waals surface area contributed by atoms with Gasteiger partial charge in [0.1, 0.15) is 11.6 Å². The summed E-state index contributed by atoms with van der Waals surface area (Å²) in [5, 5.41) is 7.87. The van der Waals surface area contributed by atoms with Crippen LogP contribution in [0.2, 0.25) is 0 Å². The van der Waals surface area contributed by atoms with Gasteiger partial charge in [0.2, 0.25) is 0 Å². The first-order valence-corrected chi connectivity index (χ1v) is 8.39. The first-order valence-electron chi connectivity index (χ1n) is 8.01. The highest BCUT2D eigenvalue weighted by molar-refractivity contribution is 6.30. The lowest BCUT2D eigenvalue weighted by Crippen LogP contribution is -2.12. The second-order valence-electron chi connectivity index (χ2n) is 7.09. The predicted molar refractivity (Wildman–Crippen MR) is 91.2 cm³/mol. The van der Waals surface area contributed by atoms with E-state index in [9.17, 15) is 18.0 Å². The monoisotopic (exact) mass is 385 g/mol. The highest BCUT2D eigenvalue weighted by Gasteiger charge is 2.62. The van der Waals surface area contributed by atoms with Crippen molar-refractivity contribution in [2.45, 2.75) is 40.5 Å². The van der Waals surface area contributed by atoms with E-state index in [1.807, 2.05) is 6.92 Å². The molecule has 1 aliphatic rings. The maximum atomic E-state index is 12.6. The molecule has 2 unspecified atom stereocenters. The lowest BCUT2D eigenvalue weighted by molar-refractivity contribution is -0.147. The minimum atomic E-state index is -4.62. The lowest BCUT2D eigenvalue weighted by atomic mass is 9.99. The summed E-state index contributed by atoms with van der Waals surface area (Å²) in [5.41, 5.74) is 2.18. The third-order valence-corrected chi connectivity index (χ3v) is 5.41. The van der Waals surface area contributed by atoms with Crippen LogP contribution in [0, 0.1) is 42.4 Å². The van der Waals surface area contributed by atoms with Crippen LogP contribution in [0.5, 0.6) is 0 Å². The van der Waals surface area contributed by atoms with Crippen LogP contribution in [-0.2, 0) is 16.1 Å². The Labute approximate surface area is 155 Å². The number of hydrogen-bond acceptors (Lipinski definition) is 3. The molecule has 3 nitrogen and oxygen atoms in total. The Morgan fingerprint density at radius 3 is 2.54 bits per heavy atom. The minimum Gasteiger partial charge on any atom is -0.461 e. The summed E-state index contributed by atoms with van der Waals surface area (Å²) < 4.78 is 43.2. The molecule has 1 aliphatic carbocycles. The van der Waals surface area contributed by atoms with Crippen LogP contribution in [0.3, 0.4) is 0 Å². The molecule has 2 atom stereocenters. The molecule has 0 aliphatic heterocycles. The Bertz CT molecular complexity index is 806.